The van der Waals surface area contributed by atoms with E-state index in [9.17, 15) is 4.79 Å². The maximum Gasteiger partial charge on any atom is 0.232 e. The normalized spacial score (nSPS) is 15.2. The van der Waals surface area contributed by atoms with Crippen molar-refractivity contribution >= 4 is 40.3 Å². The van der Waals surface area contributed by atoms with E-state index in [4.69, 9.17) is 16.3 Å². The Morgan fingerprint density at radius 2 is 2.05 bits per heavy atom. The van der Waals surface area contributed by atoms with Crippen molar-refractivity contribution in [3.05, 3.63) is 17.3 Å². The Hall–Kier alpha value is -1.99. The number of carbonyl (C=O) groups excluding carboxylic acids is 1. The van der Waals surface area contributed by atoms with Gasteiger partial charge >= 0.3 is 0 Å². The molecule has 0 bridgehead atoms. The van der Waals surface area contributed by atoms with Crippen molar-refractivity contribution < 1.29 is 9.53 Å². The number of pyridine rings is 1. The lowest BCUT2D eigenvalue weighted by Gasteiger charge is -2.28. The molecule has 0 atom stereocenters. The summed E-state index contributed by atoms with van der Waals surface area (Å²) in [5, 5.41) is 2.99. The number of ether oxygens (including phenoxy) is 1. The first kappa shape index (κ1) is 14.0. The molecule has 2 aromatic rings. The van der Waals surface area contributed by atoms with Gasteiger partial charge in [0.25, 0.3) is 0 Å². The maximum absolute atomic E-state index is 11.2. The molecule has 21 heavy (non-hydrogen) atoms. The fraction of sp³-hybridized carbons (Fsp3) is 0.385. The summed E-state index contributed by atoms with van der Waals surface area (Å²) in [7, 11) is 0. The van der Waals surface area contributed by atoms with Crippen LogP contribution in [0.4, 0.5) is 11.8 Å². The Balaban J connectivity index is 2.12. The zero-order valence-corrected chi connectivity index (χ0v) is 12.2. The summed E-state index contributed by atoms with van der Waals surface area (Å²) >= 11 is 5.97. The number of anilines is 2. The number of nitrogens with one attached hydrogen (secondary N) is 1. The van der Waals surface area contributed by atoms with Gasteiger partial charge in [0.2, 0.25) is 11.9 Å². The Labute approximate surface area is 126 Å². The Morgan fingerprint density at radius 3 is 2.76 bits per heavy atom. The lowest BCUT2D eigenvalue weighted by Crippen LogP contribution is -2.37. The zero-order valence-electron chi connectivity index (χ0n) is 11.5. The van der Waals surface area contributed by atoms with Crippen molar-refractivity contribution in [1.82, 2.24) is 15.0 Å². The third-order valence-corrected chi connectivity index (χ3v) is 3.30. The highest BCUT2D eigenvalue weighted by Gasteiger charge is 2.19. The second-order valence-corrected chi connectivity index (χ2v) is 5.04. The molecular formula is C13H14ClN5O2. The highest BCUT2D eigenvalue weighted by molar-refractivity contribution is 6.29. The van der Waals surface area contributed by atoms with E-state index in [0.717, 1.165) is 0 Å². The molecule has 3 rings (SSSR count). The smallest absolute Gasteiger partial charge is 0.232 e. The van der Waals surface area contributed by atoms with Crippen molar-refractivity contribution in [3.63, 3.8) is 0 Å². The molecule has 1 aliphatic heterocycles. The molecule has 0 saturated carbocycles. The van der Waals surface area contributed by atoms with Gasteiger partial charge in [0.1, 0.15) is 10.7 Å². The summed E-state index contributed by atoms with van der Waals surface area (Å²) in [6.07, 6.45) is 0. The van der Waals surface area contributed by atoms with Crippen LogP contribution in [0.3, 0.4) is 0 Å². The molecule has 110 valence electrons. The lowest BCUT2D eigenvalue weighted by atomic mass is 10.3. The molecule has 0 radical (unpaired) electrons. The number of nitrogens with zero attached hydrogens (tertiary/aromatic N) is 4. The van der Waals surface area contributed by atoms with Crippen LogP contribution >= 0.6 is 11.6 Å². The monoisotopic (exact) mass is 307 g/mol. The van der Waals surface area contributed by atoms with E-state index in [0.29, 0.717) is 48.3 Å². The minimum absolute atomic E-state index is 0.218. The highest BCUT2D eigenvalue weighted by atomic mass is 35.5. The largest absolute Gasteiger partial charge is 0.378 e. The van der Waals surface area contributed by atoms with Gasteiger partial charge in [0.05, 0.1) is 18.7 Å². The van der Waals surface area contributed by atoms with Gasteiger partial charge in [-0.1, -0.05) is 11.6 Å². The van der Waals surface area contributed by atoms with Gasteiger partial charge in [-0.3, -0.25) is 10.1 Å². The van der Waals surface area contributed by atoms with Gasteiger partial charge in [-0.25, -0.2) is 9.97 Å². The minimum Gasteiger partial charge on any atom is -0.378 e. The van der Waals surface area contributed by atoms with Crippen LogP contribution in [-0.4, -0.2) is 47.2 Å². The molecule has 3 heterocycles. The first-order chi connectivity index (χ1) is 10.1. The number of hydrogen-bond acceptors (Lipinski definition) is 6. The molecule has 7 nitrogen and oxygen atoms in total. The van der Waals surface area contributed by atoms with Crippen LogP contribution in [0.1, 0.15) is 6.92 Å². The lowest BCUT2D eigenvalue weighted by molar-refractivity contribution is -0.114. The second kappa shape index (κ2) is 5.79. The number of amides is 1. The molecular weight excluding hydrogens is 294 g/mol. The SMILES string of the molecule is CC(=O)Nc1nc(N2CCOCC2)c2nc(Cl)ccc2n1. The van der Waals surface area contributed by atoms with Crippen LogP contribution < -0.4 is 10.2 Å². The molecule has 1 fully saturated rings. The predicted molar refractivity (Wildman–Crippen MR) is 79.7 cm³/mol. The van der Waals surface area contributed by atoms with E-state index in [1.807, 2.05) is 0 Å². The predicted octanol–water partition coefficient (Wildman–Crippen LogP) is 1.47. The molecule has 0 spiro atoms. The summed E-state index contributed by atoms with van der Waals surface area (Å²) in [6, 6.07) is 3.43. The van der Waals surface area contributed by atoms with Crippen molar-refractivity contribution in [2.24, 2.45) is 0 Å². The zero-order chi connectivity index (χ0) is 14.8. The maximum atomic E-state index is 11.2. The van der Waals surface area contributed by atoms with Gasteiger partial charge in [0, 0.05) is 20.0 Å². The summed E-state index contributed by atoms with van der Waals surface area (Å²) in [6.45, 7) is 4.09. The Bertz CT molecular complexity index is 688. The fourth-order valence-corrected chi connectivity index (χ4v) is 2.33. The summed E-state index contributed by atoms with van der Waals surface area (Å²) in [4.78, 5) is 26.3. The van der Waals surface area contributed by atoms with Crippen molar-refractivity contribution in [2.75, 3.05) is 36.5 Å². The quantitative estimate of drug-likeness (QED) is 0.846. The van der Waals surface area contributed by atoms with E-state index in [1.54, 1.807) is 12.1 Å². The number of aromatic nitrogens is 3. The molecule has 1 N–H and O–H groups in total. The number of halogens is 1. The van der Waals surface area contributed by atoms with Crippen molar-refractivity contribution in [2.45, 2.75) is 6.92 Å². The van der Waals surface area contributed by atoms with E-state index in [-0.39, 0.29) is 11.9 Å². The van der Waals surface area contributed by atoms with Gasteiger partial charge < -0.3 is 9.64 Å². The summed E-state index contributed by atoms with van der Waals surface area (Å²) < 4.78 is 5.35. The third kappa shape index (κ3) is 3.03. The molecule has 2 aromatic heterocycles. The average molecular weight is 308 g/mol. The van der Waals surface area contributed by atoms with E-state index < -0.39 is 0 Å². The molecule has 0 aromatic carbocycles. The molecule has 0 unspecified atom stereocenters. The standard InChI is InChI=1S/C13H14ClN5O2/c1-8(20)15-13-16-9-2-3-10(14)17-11(9)12(18-13)19-4-6-21-7-5-19/h2-3H,4-7H2,1H3,(H,15,16,18,20). The first-order valence-electron chi connectivity index (χ1n) is 6.58. The second-order valence-electron chi connectivity index (χ2n) is 4.65. The highest BCUT2D eigenvalue weighted by Crippen LogP contribution is 2.25. The van der Waals surface area contributed by atoms with E-state index in [2.05, 4.69) is 25.2 Å². The number of carbonyl (C=O) groups is 1. The first-order valence-corrected chi connectivity index (χ1v) is 6.96. The van der Waals surface area contributed by atoms with Gasteiger partial charge in [0.15, 0.2) is 5.82 Å². The molecule has 1 saturated heterocycles. The van der Waals surface area contributed by atoms with Crippen LogP contribution in [0.2, 0.25) is 5.15 Å². The van der Waals surface area contributed by atoms with Crippen molar-refractivity contribution in [3.8, 4) is 0 Å². The van der Waals surface area contributed by atoms with Crippen LogP contribution in [0.15, 0.2) is 12.1 Å². The van der Waals surface area contributed by atoms with Gasteiger partial charge in [-0.15, -0.1) is 0 Å². The number of morpholine rings is 1. The Kier molecular flexibility index (Phi) is 3.85. The van der Waals surface area contributed by atoms with Gasteiger partial charge in [-0.05, 0) is 12.1 Å². The third-order valence-electron chi connectivity index (χ3n) is 3.09. The number of rotatable bonds is 2. The van der Waals surface area contributed by atoms with E-state index >= 15 is 0 Å². The molecule has 1 amide bonds. The molecule has 8 heteroatoms. The van der Waals surface area contributed by atoms with Crippen LogP contribution in [0.5, 0.6) is 0 Å². The number of hydrogen-bond donors (Lipinski definition) is 1. The fourth-order valence-electron chi connectivity index (χ4n) is 2.18. The van der Waals surface area contributed by atoms with Crippen molar-refractivity contribution in [1.29, 1.82) is 0 Å². The summed E-state index contributed by atoms with van der Waals surface area (Å²) in [5.74, 6) is 0.708. The molecule has 0 aliphatic carbocycles. The summed E-state index contributed by atoms with van der Waals surface area (Å²) in [5.41, 5.74) is 1.26. The van der Waals surface area contributed by atoms with Gasteiger partial charge in [-0.2, -0.15) is 4.98 Å². The van der Waals surface area contributed by atoms with Crippen LogP contribution in [0.25, 0.3) is 11.0 Å². The molecule has 1 aliphatic rings. The van der Waals surface area contributed by atoms with Crippen LogP contribution in [-0.2, 0) is 9.53 Å². The number of fused-ring (bicyclic) bond motifs is 1. The minimum atomic E-state index is -0.218. The topological polar surface area (TPSA) is 80.2 Å². The average Bonchev–Trinajstić information content (AvgIpc) is 2.47. The van der Waals surface area contributed by atoms with E-state index in [1.165, 1.54) is 6.92 Å². The Morgan fingerprint density at radius 1 is 1.29 bits per heavy atom. The van der Waals surface area contributed by atoms with Crippen LogP contribution in [0, 0.1) is 0 Å².